The summed E-state index contributed by atoms with van der Waals surface area (Å²) in [5.74, 6) is -0.169. The fraction of sp³-hybridized carbons (Fsp3) is 0.727. The fourth-order valence-electron chi connectivity index (χ4n) is 1.02. The van der Waals surface area contributed by atoms with E-state index >= 15 is 0 Å². The average molecular weight is 184 g/mol. The normalized spacial score (nSPS) is 11.5. The lowest BCUT2D eigenvalue weighted by Gasteiger charge is -2.03. The molecule has 0 aliphatic rings. The summed E-state index contributed by atoms with van der Waals surface area (Å²) < 4.78 is 5.05. The fourth-order valence-corrected chi connectivity index (χ4v) is 1.02. The third kappa shape index (κ3) is 6.38. The molecule has 0 bridgehead atoms. The van der Waals surface area contributed by atoms with E-state index in [-0.39, 0.29) is 5.97 Å². The highest BCUT2D eigenvalue weighted by molar-refractivity contribution is 5.87. The molecule has 0 aliphatic heterocycles. The third-order valence-corrected chi connectivity index (χ3v) is 1.81. The maximum Gasteiger partial charge on any atom is 0.333 e. The van der Waals surface area contributed by atoms with Gasteiger partial charge in [0.05, 0.1) is 6.61 Å². The molecule has 0 aromatic carbocycles. The molecule has 0 aromatic heterocycles. The SMILES string of the molecule is CC/C=C(\C)C(=O)OCCCCC. The molecule has 0 N–H and O–H groups in total. The molecule has 0 rings (SSSR count). The van der Waals surface area contributed by atoms with Gasteiger partial charge in [0.15, 0.2) is 0 Å². The van der Waals surface area contributed by atoms with Gasteiger partial charge in [-0.1, -0.05) is 32.8 Å². The van der Waals surface area contributed by atoms with Crippen LogP contribution < -0.4 is 0 Å². The standard InChI is InChI=1S/C11H20O2/c1-4-6-7-9-13-11(12)10(3)8-5-2/h8H,4-7,9H2,1-3H3/b10-8+. The summed E-state index contributed by atoms with van der Waals surface area (Å²) in [6.45, 7) is 6.49. The molecule has 0 fully saturated rings. The lowest BCUT2D eigenvalue weighted by Crippen LogP contribution is -2.06. The van der Waals surface area contributed by atoms with Gasteiger partial charge in [-0.25, -0.2) is 4.79 Å². The average Bonchev–Trinajstić information content (AvgIpc) is 2.12. The lowest BCUT2D eigenvalue weighted by atomic mass is 10.2. The minimum Gasteiger partial charge on any atom is -0.462 e. The van der Waals surface area contributed by atoms with Crippen LogP contribution in [0.1, 0.15) is 46.5 Å². The van der Waals surface area contributed by atoms with Crippen LogP contribution in [0.3, 0.4) is 0 Å². The number of rotatable bonds is 6. The summed E-state index contributed by atoms with van der Waals surface area (Å²) in [6, 6.07) is 0. The predicted molar refractivity (Wildman–Crippen MR) is 54.5 cm³/mol. The highest BCUT2D eigenvalue weighted by Crippen LogP contribution is 2.00. The molecule has 0 spiro atoms. The van der Waals surface area contributed by atoms with Gasteiger partial charge in [0.2, 0.25) is 0 Å². The van der Waals surface area contributed by atoms with E-state index in [1.807, 2.05) is 13.0 Å². The molecule has 13 heavy (non-hydrogen) atoms. The van der Waals surface area contributed by atoms with Gasteiger partial charge in [-0.3, -0.25) is 0 Å². The van der Waals surface area contributed by atoms with E-state index in [0.717, 1.165) is 31.3 Å². The van der Waals surface area contributed by atoms with Crippen molar-refractivity contribution in [1.29, 1.82) is 0 Å². The molecular weight excluding hydrogens is 164 g/mol. The molecule has 0 saturated heterocycles. The van der Waals surface area contributed by atoms with Crippen molar-refractivity contribution in [3.8, 4) is 0 Å². The molecule has 0 atom stereocenters. The molecule has 0 radical (unpaired) electrons. The van der Waals surface area contributed by atoms with E-state index in [2.05, 4.69) is 6.92 Å². The summed E-state index contributed by atoms with van der Waals surface area (Å²) in [7, 11) is 0. The first kappa shape index (κ1) is 12.2. The van der Waals surface area contributed by atoms with Crippen LogP contribution in [0, 0.1) is 0 Å². The maximum atomic E-state index is 11.2. The largest absolute Gasteiger partial charge is 0.462 e. The van der Waals surface area contributed by atoms with Gasteiger partial charge in [0.1, 0.15) is 0 Å². The van der Waals surface area contributed by atoms with Crippen molar-refractivity contribution >= 4 is 5.97 Å². The van der Waals surface area contributed by atoms with Crippen LogP contribution in [0.5, 0.6) is 0 Å². The molecule has 0 unspecified atom stereocenters. The lowest BCUT2D eigenvalue weighted by molar-refractivity contribution is -0.139. The molecule has 76 valence electrons. The molecule has 0 amide bonds. The van der Waals surface area contributed by atoms with Crippen molar-refractivity contribution in [2.75, 3.05) is 6.61 Å². The minimum atomic E-state index is -0.169. The van der Waals surface area contributed by atoms with Crippen molar-refractivity contribution in [2.24, 2.45) is 0 Å². The number of carbonyl (C=O) groups excluding carboxylic acids is 1. The number of hydrogen-bond donors (Lipinski definition) is 0. The van der Waals surface area contributed by atoms with Gasteiger partial charge in [-0.15, -0.1) is 0 Å². The number of allylic oxidation sites excluding steroid dienone is 1. The van der Waals surface area contributed by atoms with Gasteiger partial charge < -0.3 is 4.74 Å². The highest BCUT2D eigenvalue weighted by Gasteiger charge is 2.03. The highest BCUT2D eigenvalue weighted by atomic mass is 16.5. The van der Waals surface area contributed by atoms with E-state index in [9.17, 15) is 4.79 Å². The zero-order valence-corrected chi connectivity index (χ0v) is 8.93. The first-order valence-corrected chi connectivity index (χ1v) is 5.06. The van der Waals surface area contributed by atoms with Gasteiger partial charge in [-0.2, -0.15) is 0 Å². The van der Waals surface area contributed by atoms with E-state index in [0.29, 0.717) is 6.61 Å². The quantitative estimate of drug-likeness (QED) is 0.360. The van der Waals surface area contributed by atoms with Crippen molar-refractivity contribution < 1.29 is 9.53 Å². The van der Waals surface area contributed by atoms with Crippen molar-refractivity contribution in [2.45, 2.75) is 46.5 Å². The second-order valence-corrected chi connectivity index (χ2v) is 3.14. The van der Waals surface area contributed by atoms with E-state index in [1.165, 1.54) is 0 Å². The number of ether oxygens (including phenoxy) is 1. The van der Waals surface area contributed by atoms with Crippen molar-refractivity contribution in [1.82, 2.24) is 0 Å². The first-order chi connectivity index (χ1) is 6.22. The zero-order valence-electron chi connectivity index (χ0n) is 8.93. The minimum absolute atomic E-state index is 0.169. The first-order valence-electron chi connectivity index (χ1n) is 5.06. The number of hydrogen-bond acceptors (Lipinski definition) is 2. The monoisotopic (exact) mass is 184 g/mol. The van der Waals surface area contributed by atoms with E-state index in [4.69, 9.17) is 4.74 Å². The van der Waals surface area contributed by atoms with E-state index in [1.54, 1.807) is 6.92 Å². The Kier molecular flexibility index (Phi) is 7.36. The van der Waals surface area contributed by atoms with Crippen LogP contribution in [0.4, 0.5) is 0 Å². The van der Waals surface area contributed by atoms with Gasteiger partial charge in [0.25, 0.3) is 0 Å². The summed E-state index contributed by atoms with van der Waals surface area (Å²) in [6.07, 6.45) is 6.03. The van der Waals surface area contributed by atoms with Crippen LogP contribution >= 0.6 is 0 Å². The number of carbonyl (C=O) groups is 1. The molecule has 0 saturated carbocycles. The summed E-state index contributed by atoms with van der Waals surface area (Å²) in [5, 5.41) is 0. The maximum absolute atomic E-state index is 11.2. The Morgan fingerprint density at radius 1 is 1.31 bits per heavy atom. The Balaban J connectivity index is 3.56. The van der Waals surface area contributed by atoms with Crippen molar-refractivity contribution in [3.05, 3.63) is 11.6 Å². The molecule has 2 nitrogen and oxygen atoms in total. The molecule has 0 aromatic rings. The third-order valence-electron chi connectivity index (χ3n) is 1.81. The Morgan fingerprint density at radius 2 is 2.00 bits per heavy atom. The molecule has 0 heterocycles. The van der Waals surface area contributed by atoms with Gasteiger partial charge >= 0.3 is 5.97 Å². The van der Waals surface area contributed by atoms with Crippen LogP contribution in [-0.4, -0.2) is 12.6 Å². The van der Waals surface area contributed by atoms with Crippen LogP contribution in [0.2, 0.25) is 0 Å². The zero-order chi connectivity index (χ0) is 10.1. The second kappa shape index (κ2) is 7.84. The summed E-state index contributed by atoms with van der Waals surface area (Å²) in [4.78, 5) is 11.2. The van der Waals surface area contributed by atoms with Crippen LogP contribution in [-0.2, 0) is 9.53 Å². The smallest absolute Gasteiger partial charge is 0.333 e. The predicted octanol–water partition coefficient (Wildman–Crippen LogP) is 3.08. The van der Waals surface area contributed by atoms with E-state index < -0.39 is 0 Å². The topological polar surface area (TPSA) is 26.3 Å². The second-order valence-electron chi connectivity index (χ2n) is 3.14. The number of esters is 1. The van der Waals surface area contributed by atoms with Crippen LogP contribution in [0.15, 0.2) is 11.6 Å². The molecular formula is C11H20O2. The Labute approximate surface area is 81.0 Å². The Morgan fingerprint density at radius 3 is 2.54 bits per heavy atom. The van der Waals surface area contributed by atoms with Gasteiger partial charge in [-0.05, 0) is 19.8 Å². The number of unbranched alkanes of at least 4 members (excludes halogenated alkanes) is 2. The summed E-state index contributed by atoms with van der Waals surface area (Å²) in [5.41, 5.74) is 0.721. The Hall–Kier alpha value is -0.790. The van der Waals surface area contributed by atoms with Gasteiger partial charge in [0, 0.05) is 5.57 Å². The van der Waals surface area contributed by atoms with Crippen LogP contribution in [0.25, 0.3) is 0 Å². The Bertz CT molecular complexity index is 171. The molecule has 0 aliphatic carbocycles. The molecule has 2 heteroatoms. The van der Waals surface area contributed by atoms with Crippen molar-refractivity contribution in [3.63, 3.8) is 0 Å². The summed E-state index contributed by atoms with van der Waals surface area (Å²) >= 11 is 0.